The zero-order valence-electron chi connectivity index (χ0n) is 15.2. The molecule has 1 aliphatic carbocycles. The number of hydrogen-bond acceptors (Lipinski definition) is 5. The van der Waals surface area contributed by atoms with Crippen molar-refractivity contribution in [2.24, 2.45) is 5.92 Å². The van der Waals surface area contributed by atoms with Crippen LogP contribution in [0.2, 0.25) is 0 Å². The van der Waals surface area contributed by atoms with Crippen LogP contribution in [0.15, 0.2) is 28.3 Å². The number of carbonyl (C=O) groups is 1. The van der Waals surface area contributed by atoms with Gasteiger partial charge in [-0.05, 0) is 43.7 Å². The van der Waals surface area contributed by atoms with E-state index in [2.05, 4.69) is 17.2 Å². The Morgan fingerprint density at radius 3 is 2.62 bits per heavy atom. The van der Waals surface area contributed by atoms with Crippen LogP contribution in [0, 0.1) is 5.92 Å². The minimum absolute atomic E-state index is 0.0179. The topological polar surface area (TPSA) is 79.4 Å². The summed E-state index contributed by atoms with van der Waals surface area (Å²) in [5.74, 6) is 0.851. The van der Waals surface area contributed by atoms with E-state index >= 15 is 0 Å². The number of sulfonamides is 1. The van der Waals surface area contributed by atoms with E-state index in [4.69, 9.17) is 0 Å². The van der Waals surface area contributed by atoms with Crippen LogP contribution in [-0.2, 0) is 14.8 Å². The van der Waals surface area contributed by atoms with Crippen molar-refractivity contribution >= 4 is 27.7 Å². The highest BCUT2D eigenvalue weighted by molar-refractivity contribution is 7.99. The standard InChI is InChI=1S/C18H27N3O3S2/c1-14-6-2-3-7-16(14)20-17(22)13-25-18-9-8-15(12-19-18)26(23,24)21-10-4-5-11-21/h8-9,12,14,16H,2-7,10-11,13H2,1H3,(H,20,22). The molecule has 1 aliphatic heterocycles. The lowest BCUT2D eigenvalue weighted by Crippen LogP contribution is -2.41. The van der Waals surface area contributed by atoms with Gasteiger partial charge >= 0.3 is 0 Å². The van der Waals surface area contributed by atoms with Crippen LogP contribution in [0.1, 0.15) is 45.4 Å². The van der Waals surface area contributed by atoms with E-state index in [9.17, 15) is 13.2 Å². The third-order valence-corrected chi connectivity index (χ3v) is 8.05. The van der Waals surface area contributed by atoms with Gasteiger partial charge in [0.1, 0.15) is 4.90 Å². The Bertz CT molecular complexity index is 716. The van der Waals surface area contributed by atoms with E-state index in [1.54, 1.807) is 12.1 Å². The maximum Gasteiger partial charge on any atom is 0.244 e. The molecule has 1 amide bonds. The minimum atomic E-state index is -3.43. The summed E-state index contributed by atoms with van der Waals surface area (Å²) in [5.41, 5.74) is 0. The second-order valence-corrected chi connectivity index (χ2v) is 10.1. The van der Waals surface area contributed by atoms with Crippen molar-refractivity contribution in [2.45, 2.75) is 61.4 Å². The maximum atomic E-state index is 12.5. The molecule has 2 atom stereocenters. The summed E-state index contributed by atoms with van der Waals surface area (Å²) in [6, 6.07) is 3.55. The van der Waals surface area contributed by atoms with E-state index in [1.165, 1.54) is 41.5 Å². The van der Waals surface area contributed by atoms with Gasteiger partial charge in [0.05, 0.1) is 10.8 Å². The van der Waals surface area contributed by atoms with Crippen molar-refractivity contribution in [3.05, 3.63) is 18.3 Å². The number of aromatic nitrogens is 1. The van der Waals surface area contributed by atoms with Crippen molar-refractivity contribution in [1.29, 1.82) is 0 Å². The number of nitrogens with one attached hydrogen (secondary N) is 1. The molecule has 0 aromatic carbocycles. The van der Waals surface area contributed by atoms with Gasteiger partial charge in [0, 0.05) is 25.3 Å². The molecule has 2 fully saturated rings. The Morgan fingerprint density at radius 2 is 1.96 bits per heavy atom. The van der Waals surface area contributed by atoms with E-state index in [0.29, 0.717) is 29.8 Å². The third kappa shape index (κ3) is 4.78. The third-order valence-electron chi connectivity index (χ3n) is 5.22. The van der Waals surface area contributed by atoms with Gasteiger partial charge in [-0.2, -0.15) is 4.31 Å². The molecule has 144 valence electrons. The van der Waals surface area contributed by atoms with E-state index in [0.717, 1.165) is 19.3 Å². The first-order chi connectivity index (χ1) is 12.5. The smallest absolute Gasteiger partial charge is 0.244 e. The molecular formula is C18H27N3O3S2. The molecule has 26 heavy (non-hydrogen) atoms. The largest absolute Gasteiger partial charge is 0.352 e. The molecule has 6 nitrogen and oxygen atoms in total. The molecule has 0 radical (unpaired) electrons. The highest BCUT2D eigenvalue weighted by atomic mass is 32.2. The molecule has 2 unspecified atom stereocenters. The van der Waals surface area contributed by atoms with Crippen molar-refractivity contribution in [3.8, 4) is 0 Å². The molecular weight excluding hydrogens is 370 g/mol. The van der Waals surface area contributed by atoms with Gasteiger partial charge in [0.15, 0.2) is 0 Å². The van der Waals surface area contributed by atoms with Crippen molar-refractivity contribution < 1.29 is 13.2 Å². The lowest BCUT2D eigenvalue weighted by Gasteiger charge is -2.29. The Labute approximate surface area is 160 Å². The zero-order valence-corrected chi connectivity index (χ0v) is 16.8. The summed E-state index contributed by atoms with van der Waals surface area (Å²) in [4.78, 5) is 16.6. The maximum absolute atomic E-state index is 12.5. The Balaban J connectivity index is 1.52. The number of pyridine rings is 1. The van der Waals surface area contributed by atoms with Gasteiger partial charge < -0.3 is 5.32 Å². The van der Waals surface area contributed by atoms with E-state index in [1.807, 2.05) is 0 Å². The Kier molecular flexibility index (Phi) is 6.58. The van der Waals surface area contributed by atoms with Crippen LogP contribution >= 0.6 is 11.8 Å². The fourth-order valence-electron chi connectivity index (χ4n) is 3.60. The van der Waals surface area contributed by atoms with Crippen molar-refractivity contribution in [3.63, 3.8) is 0 Å². The second kappa shape index (κ2) is 8.71. The second-order valence-electron chi connectivity index (χ2n) is 7.17. The van der Waals surface area contributed by atoms with E-state index < -0.39 is 10.0 Å². The van der Waals surface area contributed by atoms with Gasteiger partial charge in [-0.1, -0.05) is 31.5 Å². The normalized spacial score (nSPS) is 24.5. The monoisotopic (exact) mass is 397 g/mol. The summed E-state index contributed by atoms with van der Waals surface area (Å²) >= 11 is 1.34. The van der Waals surface area contributed by atoms with Crippen LogP contribution in [0.3, 0.4) is 0 Å². The van der Waals surface area contributed by atoms with Gasteiger partial charge in [-0.15, -0.1) is 0 Å². The molecule has 1 N–H and O–H groups in total. The molecule has 8 heteroatoms. The van der Waals surface area contributed by atoms with Gasteiger partial charge in [0.25, 0.3) is 0 Å². The van der Waals surface area contributed by atoms with Crippen LogP contribution in [0.5, 0.6) is 0 Å². The van der Waals surface area contributed by atoms with Crippen LogP contribution in [0.4, 0.5) is 0 Å². The predicted octanol–water partition coefficient (Wildman–Crippen LogP) is 2.65. The quantitative estimate of drug-likeness (QED) is 0.747. The molecule has 1 aromatic rings. The molecule has 1 saturated carbocycles. The number of nitrogens with zero attached hydrogens (tertiary/aromatic N) is 2. The lowest BCUT2D eigenvalue weighted by atomic mass is 9.86. The molecule has 2 heterocycles. The number of carbonyl (C=O) groups excluding carboxylic acids is 1. The average molecular weight is 398 g/mol. The summed E-state index contributed by atoms with van der Waals surface area (Å²) in [6.45, 7) is 3.36. The highest BCUT2D eigenvalue weighted by Gasteiger charge is 2.27. The lowest BCUT2D eigenvalue weighted by molar-refractivity contribution is -0.119. The van der Waals surface area contributed by atoms with Crippen molar-refractivity contribution in [1.82, 2.24) is 14.6 Å². The first kappa shape index (κ1) is 19.6. The fraction of sp³-hybridized carbons (Fsp3) is 0.667. The van der Waals surface area contributed by atoms with Crippen LogP contribution in [0.25, 0.3) is 0 Å². The molecule has 1 aromatic heterocycles. The SMILES string of the molecule is CC1CCCCC1NC(=O)CSc1ccc(S(=O)(=O)N2CCCC2)cn1. The summed E-state index contributed by atoms with van der Waals surface area (Å²) in [6.07, 6.45) is 7.88. The number of rotatable bonds is 6. The van der Waals surface area contributed by atoms with Crippen LogP contribution in [-0.4, -0.2) is 48.5 Å². The van der Waals surface area contributed by atoms with Crippen LogP contribution < -0.4 is 5.32 Å². The van der Waals surface area contributed by atoms with Crippen molar-refractivity contribution in [2.75, 3.05) is 18.8 Å². The minimum Gasteiger partial charge on any atom is -0.352 e. The summed E-state index contributed by atoms with van der Waals surface area (Å²) in [7, 11) is -3.43. The molecule has 2 aliphatic rings. The fourth-order valence-corrected chi connectivity index (χ4v) is 5.72. The van der Waals surface area contributed by atoms with Gasteiger partial charge in [0.2, 0.25) is 15.9 Å². The molecule has 0 bridgehead atoms. The molecule has 0 spiro atoms. The Hall–Kier alpha value is -1.12. The number of amides is 1. The summed E-state index contributed by atoms with van der Waals surface area (Å²) in [5, 5.41) is 3.79. The first-order valence-corrected chi connectivity index (χ1v) is 11.8. The van der Waals surface area contributed by atoms with Gasteiger partial charge in [-0.3, -0.25) is 4.79 Å². The first-order valence-electron chi connectivity index (χ1n) is 9.35. The highest BCUT2D eigenvalue weighted by Crippen LogP contribution is 2.25. The summed E-state index contributed by atoms with van der Waals surface area (Å²) < 4.78 is 26.5. The number of hydrogen-bond donors (Lipinski definition) is 1. The Morgan fingerprint density at radius 1 is 1.23 bits per heavy atom. The predicted molar refractivity (Wildman–Crippen MR) is 103 cm³/mol. The molecule has 1 saturated heterocycles. The average Bonchev–Trinajstić information content (AvgIpc) is 3.18. The van der Waals surface area contributed by atoms with Gasteiger partial charge in [-0.25, -0.2) is 13.4 Å². The zero-order chi connectivity index (χ0) is 18.6. The van der Waals surface area contributed by atoms with E-state index in [-0.39, 0.29) is 16.8 Å². The molecule has 3 rings (SSSR count). The number of thioether (sulfide) groups is 1.